The molecule has 3 aromatic rings. The number of fused-ring (bicyclic) bond motifs is 1. The minimum Gasteiger partial charge on any atom is -0.505 e. The van der Waals surface area contributed by atoms with Gasteiger partial charge in [-0.15, -0.1) is 5.11 Å². The van der Waals surface area contributed by atoms with Gasteiger partial charge in [0.05, 0.1) is 10.6 Å². The summed E-state index contributed by atoms with van der Waals surface area (Å²) in [7, 11) is -4.31. The van der Waals surface area contributed by atoms with Crippen LogP contribution in [0.3, 0.4) is 0 Å². The standard InChI is InChI=1S/C17H12N2O6S/c20-16-14(17(21)22)9-10-3-1-2-4-13(10)15(16)19-18-11-5-7-12(8-6-11)26(23,24)25/h1-9,20H,(H,21,22)(H,23,24,25)/b19-18+. The molecule has 0 amide bonds. The molecule has 0 spiro atoms. The number of hydrogen-bond acceptors (Lipinski definition) is 6. The van der Waals surface area contributed by atoms with Crippen LogP contribution in [0.25, 0.3) is 10.8 Å². The number of carboxylic acid groups (broad SMARTS) is 1. The number of aromatic carboxylic acids is 1. The number of rotatable bonds is 4. The first-order valence-electron chi connectivity index (χ1n) is 7.24. The summed E-state index contributed by atoms with van der Waals surface area (Å²) < 4.78 is 31.0. The van der Waals surface area contributed by atoms with Gasteiger partial charge in [-0.25, -0.2) is 4.79 Å². The number of hydrogen-bond donors (Lipinski definition) is 3. The molecule has 0 heterocycles. The maximum absolute atomic E-state index is 11.3. The Morgan fingerprint density at radius 1 is 0.962 bits per heavy atom. The lowest BCUT2D eigenvalue weighted by atomic mass is 10.0. The van der Waals surface area contributed by atoms with Crippen molar-refractivity contribution in [2.24, 2.45) is 10.2 Å². The topological polar surface area (TPSA) is 137 Å². The number of aromatic hydroxyl groups is 1. The van der Waals surface area contributed by atoms with E-state index in [1.807, 2.05) is 0 Å². The smallest absolute Gasteiger partial charge is 0.339 e. The van der Waals surface area contributed by atoms with Crippen molar-refractivity contribution < 1.29 is 28.0 Å². The van der Waals surface area contributed by atoms with Crippen molar-refractivity contribution in [1.82, 2.24) is 0 Å². The van der Waals surface area contributed by atoms with Crippen molar-refractivity contribution in [3.8, 4) is 5.75 Å². The van der Waals surface area contributed by atoms with Crippen LogP contribution >= 0.6 is 0 Å². The van der Waals surface area contributed by atoms with E-state index in [0.717, 1.165) is 12.1 Å². The van der Waals surface area contributed by atoms with Crippen molar-refractivity contribution in [2.45, 2.75) is 4.90 Å². The maximum atomic E-state index is 11.3. The molecule has 0 fully saturated rings. The SMILES string of the molecule is O=C(O)c1cc2ccccc2c(/N=N/c2ccc(S(=O)(=O)O)cc2)c1O. The summed E-state index contributed by atoms with van der Waals surface area (Å²) in [5, 5.41) is 28.4. The van der Waals surface area contributed by atoms with Gasteiger partial charge in [-0.2, -0.15) is 13.5 Å². The first kappa shape index (κ1) is 17.5. The Kier molecular flexibility index (Phi) is 4.41. The highest BCUT2D eigenvalue weighted by Gasteiger charge is 2.17. The molecule has 0 aromatic heterocycles. The van der Waals surface area contributed by atoms with Crippen LogP contribution in [0, 0.1) is 0 Å². The van der Waals surface area contributed by atoms with Gasteiger partial charge in [0.15, 0.2) is 5.75 Å². The molecule has 0 bridgehead atoms. The van der Waals surface area contributed by atoms with E-state index in [1.165, 1.54) is 18.2 Å². The van der Waals surface area contributed by atoms with E-state index in [4.69, 9.17) is 4.55 Å². The second kappa shape index (κ2) is 6.54. The molecule has 0 aliphatic rings. The number of phenols is 1. The molecule has 0 saturated carbocycles. The predicted molar refractivity (Wildman–Crippen MR) is 93.0 cm³/mol. The summed E-state index contributed by atoms with van der Waals surface area (Å²) in [6.45, 7) is 0. The Morgan fingerprint density at radius 2 is 1.62 bits per heavy atom. The highest BCUT2D eigenvalue weighted by Crippen LogP contribution is 2.39. The van der Waals surface area contributed by atoms with E-state index in [0.29, 0.717) is 10.8 Å². The van der Waals surface area contributed by atoms with Crippen LogP contribution in [-0.2, 0) is 10.1 Å². The third kappa shape index (κ3) is 3.39. The summed E-state index contributed by atoms with van der Waals surface area (Å²) in [6.07, 6.45) is 0. The van der Waals surface area contributed by atoms with E-state index in [2.05, 4.69) is 10.2 Å². The highest BCUT2D eigenvalue weighted by molar-refractivity contribution is 7.85. The minimum absolute atomic E-state index is 0.0145. The Labute approximate surface area is 147 Å². The molecule has 0 unspecified atom stereocenters. The first-order chi connectivity index (χ1) is 12.3. The van der Waals surface area contributed by atoms with Gasteiger partial charge in [0.2, 0.25) is 0 Å². The lowest BCUT2D eigenvalue weighted by Gasteiger charge is -2.07. The lowest BCUT2D eigenvalue weighted by Crippen LogP contribution is -1.97. The van der Waals surface area contributed by atoms with Crippen molar-refractivity contribution in [3.63, 3.8) is 0 Å². The lowest BCUT2D eigenvalue weighted by molar-refractivity contribution is 0.0694. The van der Waals surface area contributed by atoms with Crippen LogP contribution in [0.1, 0.15) is 10.4 Å². The molecule has 8 nitrogen and oxygen atoms in total. The first-order valence-corrected chi connectivity index (χ1v) is 8.68. The monoisotopic (exact) mass is 372 g/mol. The van der Waals surface area contributed by atoms with Gasteiger partial charge in [-0.3, -0.25) is 4.55 Å². The van der Waals surface area contributed by atoms with Crippen LogP contribution in [0.5, 0.6) is 5.75 Å². The Bertz CT molecular complexity index is 1140. The molecule has 3 N–H and O–H groups in total. The van der Waals surface area contributed by atoms with Crippen molar-refractivity contribution in [2.75, 3.05) is 0 Å². The quantitative estimate of drug-likeness (QED) is 0.469. The molecule has 3 aromatic carbocycles. The van der Waals surface area contributed by atoms with Gasteiger partial charge >= 0.3 is 5.97 Å². The Balaban J connectivity index is 2.09. The number of carbonyl (C=O) groups is 1. The van der Waals surface area contributed by atoms with E-state index in [1.54, 1.807) is 24.3 Å². The Hall–Kier alpha value is -3.30. The third-order valence-electron chi connectivity index (χ3n) is 3.63. The second-order valence-electron chi connectivity index (χ2n) is 5.32. The fraction of sp³-hybridized carbons (Fsp3) is 0. The van der Waals surface area contributed by atoms with Crippen LogP contribution in [-0.4, -0.2) is 29.2 Å². The van der Waals surface area contributed by atoms with Gasteiger partial charge in [0, 0.05) is 5.39 Å². The van der Waals surface area contributed by atoms with E-state index >= 15 is 0 Å². The molecule has 0 aliphatic heterocycles. The van der Waals surface area contributed by atoms with Crippen LogP contribution in [0.15, 0.2) is 69.7 Å². The molecular weight excluding hydrogens is 360 g/mol. The van der Waals surface area contributed by atoms with Crippen molar-refractivity contribution in [1.29, 1.82) is 0 Å². The van der Waals surface area contributed by atoms with Crippen molar-refractivity contribution >= 4 is 38.2 Å². The van der Waals surface area contributed by atoms with Gasteiger partial charge in [0.1, 0.15) is 11.3 Å². The van der Waals surface area contributed by atoms with Crippen LogP contribution in [0.4, 0.5) is 11.4 Å². The predicted octanol–water partition coefficient (Wildman–Crippen LogP) is 3.91. The molecule has 3 rings (SSSR count). The minimum atomic E-state index is -4.31. The van der Waals surface area contributed by atoms with Gasteiger partial charge in [-0.05, 0) is 35.7 Å². The normalized spacial score (nSPS) is 11.9. The van der Waals surface area contributed by atoms with Crippen LogP contribution in [0.2, 0.25) is 0 Å². The zero-order valence-electron chi connectivity index (χ0n) is 13.1. The van der Waals surface area contributed by atoms with Gasteiger partial charge in [0.25, 0.3) is 10.1 Å². The average Bonchev–Trinajstić information content (AvgIpc) is 2.60. The van der Waals surface area contributed by atoms with E-state index in [9.17, 15) is 23.4 Å². The van der Waals surface area contributed by atoms with Gasteiger partial charge < -0.3 is 10.2 Å². The summed E-state index contributed by atoms with van der Waals surface area (Å²) in [6, 6.07) is 13.0. The summed E-state index contributed by atoms with van der Waals surface area (Å²) in [4.78, 5) is 11.0. The molecular formula is C17H12N2O6S. The number of benzene rings is 3. The zero-order chi connectivity index (χ0) is 18.9. The molecule has 132 valence electrons. The van der Waals surface area contributed by atoms with Crippen molar-refractivity contribution in [3.05, 3.63) is 60.2 Å². The fourth-order valence-electron chi connectivity index (χ4n) is 2.37. The average molecular weight is 372 g/mol. The molecule has 0 aliphatic carbocycles. The zero-order valence-corrected chi connectivity index (χ0v) is 13.9. The summed E-state index contributed by atoms with van der Waals surface area (Å²) >= 11 is 0. The third-order valence-corrected chi connectivity index (χ3v) is 4.49. The second-order valence-corrected chi connectivity index (χ2v) is 6.74. The van der Waals surface area contributed by atoms with E-state index < -0.39 is 21.8 Å². The van der Waals surface area contributed by atoms with Crippen LogP contribution < -0.4 is 0 Å². The molecule has 9 heteroatoms. The molecule has 0 radical (unpaired) electrons. The maximum Gasteiger partial charge on any atom is 0.339 e. The van der Waals surface area contributed by atoms with Gasteiger partial charge in [-0.1, -0.05) is 24.3 Å². The molecule has 0 saturated heterocycles. The highest BCUT2D eigenvalue weighted by atomic mass is 32.2. The summed E-state index contributed by atoms with van der Waals surface area (Å²) in [5.74, 6) is -1.82. The number of nitrogens with zero attached hydrogens (tertiary/aromatic N) is 2. The fourth-order valence-corrected chi connectivity index (χ4v) is 2.85. The Morgan fingerprint density at radius 3 is 2.23 bits per heavy atom. The molecule has 0 atom stereocenters. The van der Waals surface area contributed by atoms with E-state index in [-0.39, 0.29) is 21.8 Å². The summed E-state index contributed by atoms with van der Waals surface area (Å²) in [5.41, 5.74) is -0.0691. The molecule has 26 heavy (non-hydrogen) atoms. The largest absolute Gasteiger partial charge is 0.505 e. The number of carboxylic acids is 1. The number of azo groups is 1.